The van der Waals surface area contributed by atoms with Crippen LogP contribution in [0, 0.1) is 10.1 Å². The zero-order chi connectivity index (χ0) is 4.71. The third kappa shape index (κ3) is 62.3. The van der Waals surface area contributed by atoms with Crippen molar-refractivity contribution in [1.82, 2.24) is 0 Å². The Balaban J connectivity index is -0.0000000275. The van der Waals surface area contributed by atoms with Crippen molar-refractivity contribution in [3.05, 3.63) is 10.1 Å². The van der Waals surface area contributed by atoms with E-state index in [0.717, 1.165) is 15.4 Å². The summed E-state index contributed by atoms with van der Waals surface area (Å²) in [6.45, 7) is 0. The standard InChI is InChI=1S/Al.ClH.HNO2.Na.3H/c;;2-1-3;;;;/h;1H;1H;;;;/q+1;;;;;;/p-1. The van der Waals surface area contributed by atoms with E-state index in [0.29, 0.717) is 0 Å². The molecular weight excluding hydrogens is 131 g/mol. The van der Waals surface area contributed by atoms with Gasteiger partial charge in [-0.05, 0) is 0 Å². The van der Waals surface area contributed by atoms with Gasteiger partial charge in [0.15, 0.2) is 0 Å². The van der Waals surface area contributed by atoms with Crippen LogP contribution >= 0.6 is 10.0 Å². The topological polar surface area (TPSA) is 54.1 Å². The Labute approximate surface area is 69.9 Å². The maximum absolute atomic E-state index is 8.12. The number of rotatable bonds is 0. The van der Waals surface area contributed by atoms with Crippen molar-refractivity contribution >= 4 is 55.0 Å². The summed E-state index contributed by atoms with van der Waals surface area (Å²) in [4.78, 5) is 8.12. The Bertz CT molecular complexity index is 21.0. The van der Waals surface area contributed by atoms with Crippen molar-refractivity contribution in [1.29, 1.82) is 0 Å². The summed E-state index contributed by atoms with van der Waals surface area (Å²) < 4.78 is 0. The van der Waals surface area contributed by atoms with Crippen LogP contribution in [0.2, 0.25) is 0 Å². The number of hydrogen-bond acceptors (Lipinski definition) is 2. The molecule has 6 heteroatoms. The molecule has 0 amide bonds. The molecule has 32 valence electrons. The van der Waals surface area contributed by atoms with Crippen molar-refractivity contribution < 1.29 is 5.34 Å². The van der Waals surface area contributed by atoms with Gasteiger partial charge in [-0.2, -0.15) is 0 Å². The van der Waals surface area contributed by atoms with Crippen LogP contribution in [0.1, 0.15) is 0 Å². The Hall–Kier alpha value is 1.22. The van der Waals surface area contributed by atoms with Gasteiger partial charge in [0.05, 0.1) is 0 Å². The van der Waals surface area contributed by atoms with E-state index in [4.69, 9.17) is 20.2 Å². The molecule has 0 rings (SSSR count). The van der Waals surface area contributed by atoms with E-state index in [1.54, 1.807) is 0 Å². The van der Waals surface area contributed by atoms with Crippen LogP contribution in [0.5, 0.6) is 0 Å². The molecule has 0 heterocycles. The van der Waals surface area contributed by atoms with Crippen LogP contribution in [0.4, 0.5) is 0 Å². The molecule has 0 aromatic heterocycles. The van der Waals surface area contributed by atoms with Gasteiger partial charge in [-0.3, -0.25) is 20.2 Å². The Morgan fingerprint density at radius 3 is 1.67 bits per heavy atom. The molecule has 0 bridgehead atoms. The van der Waals surface area contributed by atoms with E-state index < -0.39 is 0 Å². The second-order valence-electron chi connectivity index (χ2n) is 0.0833. The van der Waals surface area contributed by atoms with E-state index in [2.05, 4.69) is 0 Å². The van der Waals surface area contributed by atoms with Crippen LogP contribution in [0.3, 0.4) is 0 Å². The van der Waals surface area contributed by atoms with Gasteiger partial charge in [0, 0.05) is 5.34 Å². The van der Waals surface area contributed by atoms with Crippen molar-refractivity contribution in [3.63, 3.8) is 0 Å². The fourth-order valence-electron chi connectivity index (χ4n) is 0. The number of halogens is 1. The average molecular weight is 135 g/mol. The summed E-state index contributed by atoms with van der Waals surface area (Å²) in [5.74, 6) is 0. The molecule has 0 spiro atoms. The molecule has 0 saturated heterocycles. The molecule has 0 aromatic carbocycles. The molecule has 0 radical (unpaired) electrons. The molecule has 0 fully saturated rings. The van der Waals surface area contributed by atoms with Crippen LogP contribution in [0.25, 0.3) is 0 Å². The fourth-order valence-corrected chi connectivity index (χ4v) is 0. The minimum absolute atomic E-state index is 0. The molecule has 0 aromatic rings. The summed E-state index contributed by atoms with van der Waals surface area (Å²) >= 11 is 0.778. The van der Waals surface area contributed by atoms with Gasteiger partial charge in [-0.1, -0.05) is 0 Å². The van der Waals surface area contributed by atoms with Gasteiger partial charge >= 0.3 is 44.9 Å². The first-order valence-electron chi connectivity index (χ1n) is 0.786. The first-order valence-corrected chi connectivity index (χ1v) is 3.81. The predicted octanol–water partition coefficient (Wildman–Crippen LogP) is -2.54. The van der Waals surface area contributed by atoms with Gasteiger partial charge in [0.25, 0.3) is 0 Å². The van der Waals surface area contributed by atoms with Crippen molar-refractivity contribution in [3.8, 4) is 0 Å². The SMILES string of the molecule is O=[NH+][O-].[AlH2][Cl].[NaH]. The minimum atomic E-state index is 0. The summed E-state index contributed by atoms with van der Waals surface area (Å²) in [6, 6.07) is 0. The molecule has 0 saturated carbocycles. The second kappa shape index (κ2) is 34.4. The van der Waals surface area contributed by atoms with Gasteiger partial charge in [-0.15, -0.1) is 0 Å². The summed E-state index contributed by atoms with van der Waals surface area (Å²) in [5, 5.41) is 8.38. The van der Waals surface area contributed by atoms with E-state index >= 15 is 0 Å². The average Bonchev–Trinajstić information content (AvgIpc) is 1.46. The molecule has 0 unspecified atom stereocenters. The van der Waals surface area contributed by atoms with Crippen LogP contribution in [-0.4, -0.2) is 44.9 Å². The zero-order valence-electron chi connectivity index (χ0n) is 2.69. The third-order valence-corrected chi connectivity index (χ3v) is 0. The normalized spacial score (nSPS) is 2.83. The van der Waals surface area contributed by atoms with Gasteiger partial charge in [0.2, 0.25) is 0 Å². The molecule has 0 aliphatic heterocycles. The summed E-state index contributed by atoms with van der Waals surface area (Å²) in [7, 11) is 4.78. The van der Waals surface area contributed by atoms with Crippen molar-refractivity contribution in [2.45, 2.75) is 0 Å². The van der Waals surface area contributed by atoms with Crippen LogP contribution in [-0.2, 0) is 0 Å². The molecule has 0 atom stereocenters. The number of hydrogen-bond donors (Lipinski definition) is 1. The Morgan fingerprint density at radius 1 is 1.67 bits per heavy atom. The molecule has 6 heavy (non-hydrogen) atoms. The molecule has 0 aliphatic rings. The molecule has 3 nitrogen and oxygen atoms in total. The molecule has 1 N–H and O–H groups in total. The number of nitrogens with one attached hydrogen (secondary N) is 1. The predicted molar refractivity (Wildman–Crippen MR) is 29.2 cm³/mol. The third-order valence-electron chi connectivity index (χ3n) is 0. The Kier molecular flexibility index (Phi) is 89.8. The summed E-state index contributed by atoms with van der Waals surface area (Å²) in [5.41, 5.74) is 0. The van der Waals surface area contributed by atoms with E-state index in [9.17, 15) is 0 Å². The first kappa shape index (κ1) is 15.7. The van der Waals surface area contributed by atoms with Crippen LogP contribution < -0.4 is 5.34 Å². The van der Waals surface area contributed by atoms with Crippen LogP contribution in [0.15, 0.2) is 0 Å². The van der Waals surface area contributed by atoms with Crippen molar-refractivity contribution in [2.75, 3.05) is 0 Å². The zero-order valence-corrected chi connectivity index (χ0v) is 5.45. The maximum atomic E-state index is 8.12. The quantitative estimate of drug-likeness (QED) is 0.226. The van der Waals surface area contributed by atoms with Gasteiger partial charge in [0.1, 0.15) is 0 Å². The Morgan fingerprint density at radius 2 is 1.67 bits per heavy atom. The van der Waals surface area contributed by atoms with Crippen molar-refractivity contribution in [2.24, 2.45) is 0 Å². The molecule has 0 aliphatic carbocycles. The second-order valence-corrected chi connectivity index (χ2v) is 0.0833. The monoisotopic (exact) mass is 135 g/mol. The fraction of sp³-hybridized carbons (Fsp3) is 0. The van der Waals surface area contributed by atoms with E-state index in [-0.39, 0.29) is 34.9 Å². The molecular formula is H4AlClNNaO2. The summed E-state index contributed by atoms with van der Waals surface area (Å²) in [6.07, 6.45) is 0. The van der Waals surface area contributed by atoms with Gasteiger partial charge in [-0.25, -0.2) is 0 Å². The van der Waals surface area contributed by atoms with E-state index in [1.165, 1.54) is 0 Å². The first-order chi connectivity index (χ1) is 2.41. The van der Waals surface area contributed by atoms with E-state index in [1.807, 2.05) is 0 Å². The van der Waals surface area contributed by atoms with Gasteiger partial charge < -0.3 is 0 Å².